The number of nitrogen functional groups attached to an aromatic ring is 1. The van der Waals surface area contributed by atoms with Crippen LogP contribution in [0.3, 0.4) is 0 Å². The van der Waals surface area contributed by atoms with Crippen LogP contribution in [0.25, 0.3) is 16.2 Å². The van der Waals surface area contributed by atoms with Crippen LogP contribution in [0.1, 0.15) is 41.0 Å². The predicted molar refractivity (Wildman–Crippen MR) is 91.6 cm³/mol. The molecule has 2 aliphatic rings. The first-order chi connectivity index (χ1) is 10.8. The van der Waals surface area contributed by atoms with Crippen LogP contribution in [0.4, 0.5) is 5.82 Å². The molecular weight excluding hydrogens is 290 g/mol. The summed E-state index contributed by atoms with van der Waals surface area (Å²) in [5.41, 5.74) is 13.0. The maximum atomic E-state index is 6.47. The Hall–Kier alpha value is -1.81. The van der Waals surface area contributed by atoms with Crippen LogP contribution in [0.2, 0.25) is 0 Å². The first kappa shape index (κ1) is 12.7. The summed E-state index contributed by atoms with van der Waals surface area (Å²) in [6, 6.07) is 6.80. The van der Waals surface area contributed by atoms with Crippen LogP contribution in [-0.2, 0) is 25.7 Å². The fraction of sp³-hybridized carbons (Fsp3) is 0.389. The molecule has 0 aliphatic heterocycles. The summed E-state index contributed by atoms with van der Waals surface area (Å²) < 4.78 is 2.20. The van der Waals surface area contributed by atoms with Gasteiger partial charge in [-0.05, 0) is 62.1 Å². The van der Waals surface area contributed by atoms with Gasteiger partial charge < -0.3 is 5.73 Å². The molecule has 0 radical (unpaired) electrons. The lowest BCUT2D eigenvalue weighted by atomic mass is 9.90. The standard InChI is InChI=1S/C18H19N3S/c19-17-16(13-9-8-11-4-1-2-5-12(11)10-13)20-18-21(17)14-6-3-7-15(14)22-18/h8-10H,1-7,19H2. The minimum atomic E-state index is 0.824. The van der Waals surface area contributed by atoms with Gasteiger partial charge in [0.15, 0.2) is 4.96 Å². The first-order valence-electron chi connectivity index (χ1n) is 8.22. The van der Waals surface area contributed by atoms with Crippen molar-refractivity contribution in [1.29, 1.82) is 0 Å². The highest BCUT2D eigenvalue weighted by Crippen LogP contribution is 2.37. The summed E-state index contributed by atoms with van der Waals surface area (Å²) in [4.78, 5) is 7.39. The van der Waals surface area contributed by atoms with E-state index in [4.69, 9.17) is 10.7 Å². The third kappa shape index (κ3) is 1.70. The number of nitrogens with two attached hydrogens (primary N) is 1. The molecule has 0 unspecified atom stereocenters. The number of aryl methyl sites for hydroxylation is 4. The topological polar surface area (TPSA) is 43.3 Å². The SMILES string of the molecule is Nc1c(-c2ccc3c(c2)CCCC3)nc2sc3c(n12)CCC3. The van der Waals surface area contributed by atoms with Gasteiger partial charge in [0.1, 0.15) is 11.5 Å². The number of benzene rings is 1. The molecule has 5 rings (SSSR count). The van der Waals surface area contributed by atoms with Gasteiger partial charge in [0, 0.05) is 16.1 Å². The molecule has 0 bridgehead atoms. The number of rotatable bonds is 1. The Morgan fingerprint density at radius 1 is 1.00 bits per heavy atom. The smallest absolute Gasteiger partial charge is 0.196 e. The van der Waals surface area contributed by atoms with Crippen LogP contribution in [-0.4, -0.2) is 9.38 Å². The molecule has 112 valence electrons. The van der Waals surface area contributed by atoms with Crippen molar-refractivity contribution in [3.63, 3.8) is 0 Å². The molecule has 0 saturated heterocycles. The molecule has 2 aliphatic carbocycles. The largest absolute Gasteiger partial charge is 0.383 e. The highest BCUT2D eigenvalue weighted by molar-refractivity contribution is 7.17. The van der Waals surface area contributed by atoms with Gasteiger partial charge in [-0.3, -0.25) is 4.40 Å². The van der Waals surface area contributed by atoms with Gasteiger partial charge in [0.25, 0.3) is 0 Å². The number of fused-ring (bicyclic) bond motifs is 4. The molecule has 22 heavy (non-hydrogen) atoms. The van der Waals surface area contributed by atoms with Crippen molar-refractivity contribution in [3.05, 3.63) is 39.9 Å². The second kappa shape index (κ2) is 4.59. The van der Waals surface area contributed by atoms with Gasteiger partial charge >= 0.3 is 0 Å². The summed E-state index contributed by atoms with van der Waals surface area (Å²) >= 11 is 1.82. The average molecular weight is 309 g/mol. The van der Waals surface area contributed by atoms with Gasteiger partial charge in [-0.25, -0.2) is 4.98 Å². The molecular formula is C18H19N3S. The molecule has 2 heterocycles. The van der Waals surface area contributed by atoms with Crippen LogP contribution in [0.5, 0.6) is 0 Å². The quantitative estimate of drug-likeness (QED) is 0.738. The van der Waals surface area contributed by atoms with Gasteiger partial charge in [-0.2, -0.15) is 0 Å². The Bertz CT molecular complexity index is 887. The van der Waals surface area contributed by atoms with Crippen molar-refractivity contribution in [2.24, 2.45) is 0 Å². The Labute approximate surface area is 133 Å². The minimum Gasteiger partial charge on any atom is -0.383 e. The van der Waals surface area contributed by atoms with Gasteiger partial charge in [0.05, 0.1) is 0 Å². The number of nitrogens with zero attached hydrogens (tertiary/aromatic N) is 2. The van der Waals surface area contributed by atoms with Crippen LogP contribution >= 0.6 is 11.3 Å². The highest BCUT2D eigenvalue weighted by Gasteiger charge is 2.23. The van der Waals surface area contributed by atoms with Gasteiger partial charge in [-0.15, -0.1) is 11.3 Å². The van der Waals surface area contributed by atoms with E-state index < -0.39 is 0 Å². The lowest BCUT2D eigenvalue weighted by Gasteiger charge is -2.16. The molecule has 0 amide bonds. The van der Waals surface area contributed by atoms with Crippen molar-refractivity contribution in [2.75, 3.05) is 5.73 Å². The Kier molecular flexibility index (Phi) is 2.65. The summed E-state index contributed by atoms with van der Waals surface area (Å²) in [5, 5.41) is 0. The van der Waals surface area contributed by atoms with E-state index in [1.807, 2.05) is 11.3 Å². The molecule has 2 aromatic heterocycles. The van der Waals surface area contributed by atoms with E-state index in [1.165, 1.54) is 65.8 Å². The number of hydrogen-bond donors (Lipinski definition) is 1. The maximum Gasteiger partial charge on any atom is 0.196 e. The minimum absolute atomic E-state index is 0.824. The Morgan fingerprint density at radius 2 is 1.86 bits per heavy atom. The normalized spacial score (nSPS) is 16.9. The number of anilines is 1. The molecule has 1 aromatic carbocycles. The molecule has 4 heteroatoms. The first-order valence-corrected chi connectivity index (χ1v) is 9.03. The van der Waals surface area contributed by atoms with Crippen LogP contribution in [0, 0.1) is 0 Å². The molecule has 0 atom stereocenters. The number of aromatic nitrogens is 2. The average Bonchev–Trinajstić information content (AvgIpc) is 3.19. The number of hydrogen-bond acceptors (Lipinski definition) is 3. The third-order valence-electron chi connectivity index (χ3n) is 5.13. The lowest BCUT2D eigenvalue weighted by molar-refractivity contribution is 0.686. The molecule has 0 spiro atoms. The lowest BCUT2D eigenvalue weighted by Crippen LogP contribution is -2.03. The Morgan fingerprint density at radius 3 is 2.77 bits per heavy atom. The van der Waals surface area contributed by atoms with E-state index in [0.717, 1.165) is 22.9 Å². The van der Waals surface area contributed by atoms with Gasteiger partial charge in [-0.1, -0.05) is 12.1 Å². The van der Waals surface area contributed by atoms with Crippen molar-refractivity contribution in [2.45, 2.75) is 44.9 Å². The van der Waals surface area contributed by atoms with E-state index >= 15 is 0 Å². The predicted octanol–water partition coefficient (Wildman–Crippen LogP) is 4.01. The van der Waals surface area contributed by atoms with E-state index in [-0.39, 0.29) is 0 Å². The highest BCUT2D eigenvalue weighted by atomic mass is 32.1. The van der Waals surface area contributed by atoms with Gasteiger partial charge in [0.2, 0.25) is 0 Å². The monoisotopic (exact) mass is 309 g/mol. The second-order valence-corrected chi connectivity index (χ2v) is 7.54. The Balaban J connectivity index is 1.67. The second-order valence-electron chi connectivity index (χ2n) is 6.48. The van der Waals surface area contributed by atoms with Crippen molar-refractivity contribution < 1.29 is 0 Å². The van der Waals surface area contributed by atoms with E-state index in [2.05, 4.69) is 22.6 Å². The fourth-order valence-electron chi connectivity index (χ4n) is 3.99. The van der Waals surface area contributed by atoms with E-state index in [9.17, 15) is 0 Å². The maximum absolute atomic E-state index is 6.47. The van der Waals surface area contributed by atoms with Crippen molar-refractivity contribution in [1.82, 2.24) is 9.38 Å². The summed E-state index contributed by atoms with van der Waals surface area (Å²) in [5.74, 6) is 0.824. The fourth-order valence-corrected chi connectivity index (χ4v) is 5.21. The van der Waals surface area contributed by atoms with E-state index in [0.29, 0.717) is 0 Å². The molecule has 0 fully saturated rings. The summed E-state index contributed by atoms with van der Waals surface area (Å²) in [7, 11) is 0. The zero-order chi connectivity index (χ0) is 14.7. The van der Waals surface area contributed by atoms with Crippen LogP contribution in [0.15, 0.2) is 18.2 Å². The zero-order valence-electron chi connectivity index (χ0n) is 12.6. The number of thiazole rings is 1. The van der Waals surface area contributed by atoms with Crippen LogP contribution < -0.4 is 5.73 Å². The molecule has 3 nitrogen and oxygen atoms in total. The van der Waals surface area contributed by atoms with E-state index in [1.54, 1.807) is 0 Å². The summed E-state index contributed by atoms with van der Waals surface area (Å²) in [6.45, 7) is 0. The summed E-state index contributed by atoms with van der Waals surface area (Å²) in [6.07, 6.45) is 8.62. The van der Waals surface area contributed by atoms with Crippen molar-refractivity contribution in [3.8, 4) is 11.3 Å². The molecule has 2 N–H and O–H groups in total. The molecule has 0 saturated carbocycles. The molecule has 3 aromatic rings. The zero-order valence-corrected chi connectivity index (χ0v) is 13.4. The number of imidazole rings is 1. The van der Waals surface area contributed by atoms with Crippen molar-refractivity contribution >= 4 is 22.1 Å². The third-order valence-corrected chi connectivity index (χ3v) is 6.27.